The van der Waals surface area contributed by atoms with Gasteiger partial charge in [0.15, 0.2) is 5.69 Å². The van der Waals surface area contributed by atoms with Crippen molar-refractivity contribution in [3.8, 4) is 0 Å². The highest BCUT2D eigenvalue weighted by Crippen LogP contribution is 2.12. The Morgan fingerprint density at radius 2 is 2.37 bits per heavy atom. The number of aromatic nitrogens is 3. The zero-order valence-electron chi connectivity index (χ0n) is 11.7. The Bertz CT molecular complexity index is 428. The van der Waals surface area contributed by atoms with Gasteiger partial charge < -0.3 is 15.0 Å². The third kappa shape index (κ3) is 3.10. The lowest BCUT2D eigenvalue weighted by atomic mass is 10.2. The largest absolute Gasteiger partial charge is 0.383 e. The molecule has 106 valence electrons. The predicted molar refractivity (Wildman–Crippen MR) is 70.0 cm³/mol. The van der Waals surface area contributed by atoms with Gasteiger partial charge in [0, 0.05) is 32.8 Å². The standard InChI is InChI=1S/C12H21N5O2/c1-9(2)16(4-5-19-3)12(18)11-8-17(15-14-11)10-6-13-7-10/h8-10,13H,4-7H2,1-3H3. The molecule has 0 atom stereocenters. The zero-order chi connectivity index (χ0) is 13.8. The molecule has 2 rings (SSSR count). The number of rotatable bonds is 6. The minimum atomic E-state index is -0.0921. The van der Waals surface area contributed by atoms with Crippen LogP contribution in [-0.4, -0.2) is 65.2 Å². The van der Waals surface area contributed by atoms with Crippen LogP contribution >= 0.6 is 0 Å². The van der Waals surface area contributed by atoms with Crippen molar-refractivity contribution >= 4 is 5.91 Å². The molecule has 1 aromatic rings. The molecule has 19 heavy (non-hydrogen) atoms. The summed E-state index contributed by atoms with van der Waals surface area (Å²) in [6.07, 6.45) is 1.73. The van der Waals surface area contributed by atoms with Gasteiger partial charge in [-0.1, -0.05) is 5.21 Å². The third-order valence-corrected chi connectivity index (χ3v) is 3.28. The summed E-state index contributed by atoms with van der Waals surface area (Å²) in [6, 6.07) is 0.429. The van der Waals surface area contributed by atoms with E-state index in [1.807, 2.05) is 13.8 Å². The summed E-state index contributed by atoms with van der Waals surface area (Å²) in [4.78, 5) is 14.1. The molecule has 1 amide bonds. The van der Waals surface area contributed by atoms with Crippen LogP contribution in [0.25, 0.3) is 0 Å². The highest BCUT2D eigenvalue weighted by Gasteiger charge is 2.25. The van der Waals surface area contributed by atoms with E-state index in [-0.39, 0.29) is 11.9 Å². The number of ether oxygens (including phenoxy) is 1. The van der Waals surface area contributed by atoms with Crippen LogP contribution in [0.3, 0.4) is 0 Å². The Hall–Kier alpha value is -1.47. The molecule has 0 aromatic carbocycles. The van der Waals surface area contributed by atoms with Gasteiger partial charge in [-0.2, -0.15) is 0 Å². The SMILES string of the molecule is COCCN(C(=O)c1cn(C2CNC2)nn1)C(C)C. The fourth-order valence-electron chi connectivity index (χ4n) is 1.94. The van der Waals surface area contributed by atoms with Crippen molar-refractivity contribution in [2.24, 2.45) is 0 Å². The lowest BCUT2D eigenvalue weighted by Gasteiger charge is -2.27. The maximum absolute atomic E-state index is 12.4. The van der Waals surface area contributed by atoms with Crippen molar-refractivity contribution in [2.45, 2.75) is 25.9 Å². The first-order valence-corrected chi connectivity index (χ1v) is 6.56. The molecule has 1 aliphatic rings. The number of hydrogen-bond acceptors (Lipinski definition) is 5. The Morgan fingerprint density at radius 1 is 1.63 bits per heavy atom. The van der Waals surface area contributed by atoms with Crippen LogP contribution < -0.4 is 5.32 Å². The quantitative estimate of drug-likeness (QED) is 0.780. The summed E-state index contributed by atoms with van der Waals surface area (Å²) in [5.74, 6) is -0.0921. The van der Waals surface area contributed by atoms with Crippen LogP contribution in [-0.2, 0) is 4.74 Å². The van der Waals surface area contributed by atoms with Crippen molar-refractivity contribution in [3.05, 3.63) is 11.9 Å². The van der Waals surface area contributed by atoms with Crippen LogP contribution in [0.1, 0.15) is 30.4 Å². The highest BCUT2D eigenvalue weighted by atomic mass is 16.5. The van der Waals surface area contributed by atoms with Gasteiger partial charge in [0.2, 0.25) is 0 Å². The molecule has 0 radical (unpaired) electrons. The first kappa shape index (κ1) is 14.0. The Morgan fingerprint density at radius 3 is 2.89 bits per heavy atom. The Labute approximate surface area is 112 Å². The van der Waals surface area contributed by atoms with Crippen LogP contribution in [0.15, 0.2) is 6.20 Å². The Kier molecular flexibility index (Phi) is 4.49. The molecule has 0 spiro atoms. The van der Waals surface area contributed by atoms with Gasteiger partial charge >= 0.3 is 0 Å². The van der Waals surface area contributed by atoms with Crippen molar-refractivity contribution < 1.29 is 9.53 Å². The molecule has 0 bridgehead atoms. The van der Waals surface area contributed by atoms with Gasteiger partial charge in [-0.3, -0.25) is 4.79 Å². The van der Waals surface area contributed by atoms with Gasteiger partial charge in [0.1, 0.15) is 0 Å². The van der Waals surface area contributed by atoms with Crippen molar-refractivity contribution in [1.29, 1.82) is 0 Å². The number of hydrogen-bond donors (Lipinski definition) is 1. The molecule has 7 heteroatoms. The van der Waals surface area contributed by atoms with E-state index in [9.17, 15) is 4.79 Å². The summed E-state index contributed by atoms with van der Waals surface area (Å²) < 4.78 is 6.80. The molecule has 1 aromatic heterocycles. The zero-order valence-corrected chi connectivity index (χ0v) is 11.7. The lowest BCUT2D eigenvalue weighted by molar-refractivity contribution is 0.0629. The van der Waals surface area contributed by atoms with Crippen molar-refractivity contribution in [1.82, 2.24) is 25.2 Å². The van der Waals surface area contributed by atoms with E-state index in [1.54, 1.807) is 22.9 Å². The first-order valence-electron chi connectivity index (χ1n) is 6.56. The molecular weight excluding hydrogens is 246 g/mol. The summed E-state index contributed by atoms with van der Waals surface area (Å²) in [6.45, 7) is 6.81. The molecular formula is C12H21N5O2. The summed E-state index contributed by atoms with van der Waals surface area (Å²) >= 11 is 0. The predicted octanol–water partition coefficient (Wildman–Crippen LogP) is -0.0806. The van der Waals surface area contributed by atoms with Crippen molar-refractivity contribution in [2.75, 3.05) is 33.4 Å². The number of nitrogens with zero attached hydrogens (tertiary/aromatic N) is 4. The highest BCUT2D eigenvalue weighted by molar-refractivity contribution is 5.92. The summed E-state index contributed by atoms with van der Waals surface area (Å²) in [5.41, 5.74) is 0.400. The topological polar surface area (TPSA) is 72.3 Å². The maximum atomic E-state index is 12.4. The normalized spacial score (nSPS) is 15.6. The molecule has 7 nitrogen and oxygen atoms in total. The molecule has 1 N–H and O–H groups in total. The second-order valence-corrected chi connectivity index (χ2v) is 4.98. The van der Waals surface area contributed by atoms with E-state index in [0.29, 0.717) is 24.9 Å². The smallest absolute Gasteiger partial charge is 0.276 e. The molecule has 0 saturated carbocycles. The number of nitrogens with one attached hydrogen (secondary N) is 1. The van der Waals surface area contributed by atoms with E-state index in [2.05, 4.69) is 15.6 Å². The molecule has 1 aliphatic heterocycles. The van der Waals surface area contributed by atoms with Gasteiger partial charge in [0.05, 0.1) is 18.8 Å². The van der Waals surface area contributed by atoms with Crippen LogP contribution in [0.4, 0.5) is 0 Å². The van der Waals surface area contributed by atoms with Gasteiger partial charge in [-0.15, -0.1) is 5.10 Å². The van der Waals surface area contributed by atoms with Crippen LogP contribution in [0.5, 0.6) is 0 Å². The number of methoxy groups -OCH3 is 1. The van der Waals surface area contributed by atoms with Crippen LogP contribution in [0.2, 0.25) is 0 Å². The number of amides is 1. The summed E-state index contributed by atoms with van der Waals surface area (Å²) in [7, 11) is 1.63. The first-order chi connectivity index (χ1) is 9.13. The van der Waals surface area contributed by atoms with E-state index in [0.717, 1.165) is 13.1 Å². The molecule has 0 unspecified atom stereocenters. The second kappa shape index (κ2) is 6.12. The fourth-order valence-corrected chi connectivity index (χ4v) is 1.94. The van der Waals surface area contributed by atoms with E-state index < -0.39 is 0 Å². The fraction of sp³-hybridized carbons (Fsp3) is 0.750. The average molecular weight is 267 g/mol. The third-order valence-electron chi connectivity index (χ3n) is 3.28. The second-order valence-electron chi connectivity index (χ2n) is 4.98. The van der Waals surface area contributed by atoms with E-state index in [4.69, 9.17) is 4.74 Å². The molecule has 0 aliphatic carbocycles. The molecule has 1 saturated heterocycles. The lowest BCUT2D eigenvalue weighted by Crippen LogP contribution is -2.43. The maximum Gasteiger partial charge on any atom is 0.276 e. The number of carbonyl (C=O) groups excluding carboxylic acids is 1. The van der Waals surface area contributed by atoms with Gasteiger partial charge in [-0.05, 0) is 13.8 Å². The van der Waals surface area contributed by atoms with Gasteiger partial charge in [-0.25, -0.2) is 4.68 Å². The minimum Gasteiger partial charge on any atom is -0.383 e. The molecule has 2 heterocycles. The summed E-state index contributed by atoms with van der Waals surface area (Å²) in [5, 5.41) is 11.2. The van der Waals surface area contributed by atoms with Crippen LogP contribution in [0, 0.1) is 0 Å². The minimum absolute atomic E-state index is 0.0921. The van der Waals surface area contributed by atoms with Gasteiger partial charge in [0.25, 0.3) is 5.91 Å². The number of carbonyl (C=O) groups is 1. The molecule has 1 fully saturated rings. The monoisotopic (exact) mass is 267 g/mol. The van der Waals surface area contributed by atoms with Crippen molar-refractivity contribution in [3.63, 3.8) is 0 Å². The van der Waals surface area contributed by atoms with E-state index >= 15 is 0 Å². The van der Waals surface area contributed by atoms with E-state index in [1.165, 1.54) is 0 Å². The average Bonchev–Trinajstić information content (AvgIpc) is 2.75. The Balaban J connectivity index is 2.05.